The van der Waals surface area contributed by atoms with Crippen molar-refractivity contribution in [1.82, 2.24) is 4.90 Å². The van der Waals surface area contributed by atoms with E-state index in [0.717, 1.165) is 32.2 Å². The third kappa shape index (κ3) is 2.76. The van der Waals surface area contributed by atoms with Crippen LogP contribution in [0.5, 0.6) is 0 Å². The van der Waals surface area contributed by atoms with Crippen LogP contribution in [0.3, 0.4) is 0 Å². The molecule has 0 heterocycles. The summed E-state index contributed by atoms with van der Waals surface area (Å²) in [6.07, 6.45) is 3.67. The molecule has 94 valence electrons. The lowest BCUT2D eigenvalue weighted by Gasteiger charge is -2.43. The highest BCUT2D eigenvalue weighted by molar-refractivity contribution is 5.78. The summed E-state index contributed by atoms with van der Waals surface area (Å²) >= 11 is 0. The van der Waals surface area contributed by atoms with E-state index in [-0.39, 0.29) is 0 Å². The third-order valence-corrected chi connectivity index (χ3v) is 3.87. The zero-order valence-corrected chi connectivity index (χ0v) is 11.0. The van der Waals surface area contributed by atoms with Gasteiger partial charge in [0, 0.05) is 6.54 Å². The summed E-state index contributed by atoms with van der Waals surface area (Å²) in [5.74, 6) is 0.558. The Hall–Kier alpha value is -0.570. The van der Waals surface area contributed by atoms with Crippen LogP contribution >= 0.6 is 0 Å². The fourth-order valence-electron chi connectivity index (χ4n) is 2.72. The van der Waals surface area contributed by atoms with Gasteiger partial charge in [0.05, 0.1) is 0 Å². The molecule has 1 aliphatic carbocycles. The number of hydrogen-bond donors (Lipinski definition) is 1. The quantitative estimate of drug-likeness (QED) is 0.802. The highest BCUT2D eigenvalue weighted by atomic mass is 16.4. The third-order valence-electron chi connectivity index (χ3n) is 3.87. The molecule has 0 saturated heterocycles. The standard InChI is InChI=1S/C13H25NO2/c1-10(2)9-14(4)13(12(15)16)7-5-11(3)6-8-13/h10-11H,5-9H2,1-4H3,(H,15,16). The summed E-state index contributed by atoms with van der Waals surface area (Å²) in [5, 5.41) is 9.52. The topological polar surface area (TPSA) is 40.5 Å². The molecule has 1 saturated carbocycles. The summed E-state index contributed by atoms with van der Waals surface area (Å²) in [4.78, 5) is 13.6. The summed E-state index contributed by atoms with van der Waals surface area (Å²) < 4.78 is 0. The molecule has 0 aromatic heterocycles. The van der Waals surface area contributed by atoms with Gasteiger partial charge in [0.25, 0.3) is 0 Å². The number of likely N-dealkylation sites (N-methyl/N-ethyl adjacent to an activating group) is 1. The molecule has 1 fully saturated rings. The van der Waals surface area contributed by atoms with E-state index in [4.69, 9.17) is 0 Å². The number of carboxylic acid groups (broad SMARTS) is 1. The van der Waals surface area contributed by atoms with Crippen molar-refractivity contribution in [2.24, 2.45) is 11.8 Å². The average molecular weight is 227 g/mol. The number of nitrogens with zero attached hydrogens (tertiary/aromatic N) is 1. The lowest BCUT2D eigenvalue weighted by atomic mass is 9.76. The van der Waals surface area contributed by atoms with Crippen LogP contribution in [0.4, 0.5) is 0 Å². The predicted octanol–water partition coefficient (Wildman–Crippen LogP) is 2.61. The van der Waals surface area contributed by atoms with Gasteiger partial charge in [-0.2, -0.15) is 0 Å². The number of aliphatic carboxylic acids is 1. The molecule has 0 amide bonds. The van der Waals surface area contributed by atoms with E-state index < -0.39 is 11.5 Å². The first kappa shape index (κ1) is 13.5. The van der Waals surface area contributed by atoms with Gasteiger partial charge in [-0.15, -0.1) is 0 Å². The van der Waals surface area contributed by atoms with Gasteiger partial charge in [-0.05, 0) is 44.6 Å². The minimum atomic E-state index is -0.637. The van der Waals surface area contributed by atoms with Crippen molar-refractivity contribution in [1.29, 1.82) is 0 Å². The van der Waals surface area contributed by atoms with Crippen LogP contribution in [0.25, 0.3) is 0 Å². The maximum absolute atomic E-state index is 11.6. The Labute approximate surface area is 98.8 Å². The molecule has 0 aliphatic heterocycles. The second-order valence-electron chi connectivity index (χ2n) is 5.79. The molecular weight excluding hydrogens is 202 g/mol. The molecule has 1 N–H and O–H groups in total. The van der Waals surface area contributed by atoms with Gasteiger partial charge in [0.2, 0.25) is 0 Å². The van der Waals surface area contributed by atoms with Crippen molar-refractivity contribution in [2.45, 2.75) is 52.0 Å². The zero-order chi connectivity index (χ0) is 12.3. The van der Waals surface area contributed by atoms with Gasteiger partial charge in [0.1, 0.15) is 5.54 Å². The second-order valence-corrected chi connectivity index (χ2v) is 5.79. The molecule has 0 radical (unpaired) electrons. The van der Waals surface area contributed by atoms with Gasteiger partial charge < -0.3 is 5.11 Å². The van der Waals surface area contributed by atoms with Crippen LogP contribution in [-0.2, 0) is 4.79 Å². The summed E-state index contributed by atoms with van der Waals surface area (Å²) in [6, 6.07) is 0. The first-order valence-electron chi connectivity index (χ1n) is 6.33. The molecule has 0 atom stereocenters. The molecule has 0 aromatic rings. The minimum Gasteiger partial charge on any atom is -0.480 e. The van der Waals surface area contributed by atoms with E-state index >= 15 is 0 Å². The number of carboxylic acids is 1. The summed E-state index contributed by atoms with van der Waals surface area (Å²) in [5.41, 5.74) is -0.600. The smallest absolute Gasteiger partial charge is 0.324 e. The molecular formula is C13H25NO2. The van der Waals surface area contributed by atoms with Crippen molar-refractivity contribution in [2.75, 3.05) is 13.6 Å². The van der Waals surface area contributed by atoms with Crippen LogP contribution in [0.1, 0.15) is 46.5 Å². The van der Waals surface area contributed by atoms with Gasteiger partial charge in [-0.25, -0.2) is 0 Å². The van der Waals surface area contributed by atoms with Crippen LogP contribution in [-0.4, -0.2) is 35.1 Å². The van der Waals surface area contributed by atoms with E-state index in [1.54, 1.807) is 0 Å². The summed E-state index contributed by atoms with van der Waals surface area (Å²) in [7, 11) is 1.96. The molecule has 3 heteroatoms. The molecule has 0 aromatic carbocycles. The maximum atomic E-state index is 11.6. The Morgan fingerprint density at radius 3 is 2.31 bits per heavy atom. The summed E-state index contributed by atoms with van der Waals surface area (Å²) in [6.45, 7) is 7.35. The molecule has 1 aliphatic rings. The van der Waals surface area contributed by atoms with Crippen LogP contribution in [0.2, 0.25) is 0 Å². The van der Waals surface area contributed by atoms with Crippen molar-refractivity contribution in [3.63, 3.8) is 0 Å². The van der Waals surface area contributed by atoms with E-state index in [1.807, 2.05) is 7.05 Å². The fourth-order valence-corrected chi connectivity index (χ4v) is 2.72. The second kappa shape index (κ2) is 5.17. The Bertz CT molecular complexity index is 242. The van der Waals surface area contributed by atoms with Gasteiger partial charge in [-0.3, -0.25) is 9.69 Å². The number of hydrogen-bond acceptors (Lipinski definition) is 2. The van der Waals surface area contributed by atoms with Crippen molar-refractivity contribution in [3.05, 3.63) is 0 Å². The Morgan fingerprint density at radius 1 is 1.44 bits per heavy atom. The SMILES string of the molecule is CC(C)CN(C)C1(C(=O)O)CCC(C)CC1. The van der Waals surface area contributed by atoms with Crippen molar-refractivity contribution >= 4 is 5.97 Å². The van der Waals surface area contributed by atoms with Crippen molar-refractivity contribution < 1.29 is 9.90 Å². The highest BCUT2D eigenvalue weighted by Gasteiger charge is 2.44. The van der Waals surface area contributed by atoms with Gasteiger partial charge >= 0.3 is 5.97 Å². The minimum absolute atomic E-state index is 0.514. The fraction of sp³-hybridized carbons (Fsp3) is 0.923. The predicted molar refractivity (Wildman–Crippen MR) is 65.5 cm³/mol. The van der Waals surface area contributed by atoms with Crippen LogP contribution in [0.15, 0.2) is 0 Å². The number of carbonyl (C=O) groups is 1. The molecule has 1 rings (SSSR count). The van der Waals surface area contributed by atoms with E-state index in [0.29, 0.717) is 11.8 Å². The Balaban J connectivity index is 2.77. The van der Waals surface area contributed by atoms with Gasteiger partial charge in [-0.1, -0.05) is 20.8 Å². The maximum Gasteiger partial charge on any atom is 0.324 e. The lowest BCUT2D eigenvalue weighted by molar-refractivity contribution is -0.154. The average Bonchev–Trinajstić information content (AvgIpc) is 2.17. The number of rotatable bonds is 4. The highest BCUT2D eigenvalue weighted by Crippen LogP contribution is 2.36. The van der Waals surface area contributed by atoms with E-state index in [1.165, 1.54) is 0 Å². The van der Waals surface area contributed by atoms with E-state index in [2.05, 4.69) is 25.7 Å². The van der Waals surface area contributed by atoms with Gasteiger partial charge in [0.15, 0.2) is 0 Å². The van der Waals surface area contributed by atoms with Crippen LogP contribution in [0, 0.1) is 11.8 Å². The molecule has 0 unspecified atom stereocenters. The Morgan fingerprint density at radius 2 is 1.94 bits per heavy atom. The monoisotopic (exact) mass is 227 g/mol. The first-order chi connectivity index (χ1) is 7.38. The van der Waals surface area contributed by atoms with E-state index in [9.17, 15) is 9.90 Å². The zero-order valence-electron chi connectivity index (χ0n) is 11.0. The normalized spacial score (nSPS) is 31.0. The molecule has 0 bridgehead atoms. The molecule has 0 spiro atoms. The van der Waals surface area contributed by atoms with Crippen LogP contribution < -0.4 is 0 Å². The molecule has 16 heavy (non-hydrogen) atoms. The van der Waals surface area contributed by atoms with Crippen molar-refractivity contribution in [3.8, 4) is 0 Å². The Kier molecular flexibility index (Phi) is 4.36. The molecule has 3 nitrogen and oxygen atoms in total. The largest absolute Gasteiger partial charge is 0.480 e. The first-order valence-corrected chi connectivity index (χ1v) is 6.33. The lowest BCUT2D eigenvalue weighted by Crippen LogP contribution is -2.55.